The predicted octanol–water partition coefficient (Wildman–Crippen LogP) is 3.65. The highest BCUT2D eigenvalue weighted by atomic mass is 16.5. The lowest BCUT2D eigenvalue weighted by atomic mass is 10.0. The van der Waals surface area contributed by atoms with Gasteiger partial charge in [0, 0.05) is 5.56 Å². The van der Waals surface area contributed by atoms with Gasteiger partial charge in [-0.3, -0.25) is 9.59 Å². The van der Waals surface area contributed by atoms with Gasteiger partial charge in [-0.05, 0) is 36.2 Å². The summed E-state index contributed by atoms with van der Waals surface area (Å²) in [4.78, 5) is 25.4. The number of amides is 2. The van der Waals surface area contributed by atoms with Crippen molar-refractivity contribution in [2.24, 2.45) is 0 Å². The van der Waals surface area contributed by atoms with Crippen LogP contribution < -0.4 is 20.1 Å². The minimum absolute atomic E-state index is 0.0424. The third-order valence-electron chi connectivity index (χ3n) is 5.28. The molecular formula is C23H24N4O4. The van der Waals surface area contributed by atoms with Crippen molar-refractivity contribution >= 4 is 23.3 Å². The first-order valence-electron chi connectivity index (χ1n) is 10.0. The van der Waals surface area contributed by atoms with E-state index in [9.17, 15) is 9.59 Å². The summed E-state index contributed by atoms with van der Waals surface area (Å²) in [6.07, 6.45) is 0.641. The highest BCUT2D eigenvalue weighted by Gasteiger charge is 2.36. The molecule has 4 rings (SSSR count). The highest BCUT2D eigenvalue weighted by Crippen LogP contribution is 2.39. The maximum Gasteiger partial charge on any atom is 0.251 e. The van der Waals surface area contributed by atoms with Gasteiger partial charge in [-0.2, -0.15) is 5.10 Å². The average molecular weight is 420 g/mol. The van der Waals surface area contributed by atoms with Crippen LogP contribution in [0.3, 0.4) is 0 Å². The van der Waals surface area contributed by atoms with Crippen LogP contribution in [-0.2, 0) is 16.0 Å². The average Bonchev–Trinajstić information content (AvgIpc) is 3.29. The van der Waals surface area contributed by atoms with E-state index in [1.807, 2.05) is 37.3 Å². The van der Waals surface area contributed by atoms with E-state index < -0.39 is 6.04 Å². The van der Waals surface area contributed by atoms with E-state index in [2.05, 4.69) is 15.7 Å². The van der Waals surface area contributed by atoms with Crippen molar-refractivity contribution in [3.05, 3.63) is 54.2 Å². The van der Waals surface area contributed by atoms with Gasteiger partial charge in [0.05, 0.1) is 32.0 Å². The molecule has 0 radical (unpaired) electrons. The number of benzene rings is 2. The summed E-state index contributed by atoms with van der Waals surface area (Å²) in [5, 5.41) is 10.4. The maximum absolute atomic E-state index is 12.7. The predicted molar refractivity (Wildman–Crippen MR) is 118 cm³/mol. The third-order valence-corrected chi connectivity index (χ3v) is 5.28. The molecule has 0 fully saturated rings. The number of carbonyl (C=O) groups is 2. The van der Waals surface area contributed by atoms with Gasteiger partial charge in [0.2, 0.25) is 5.91 Å². The van der Waals surface area contributed by atoms with E-state index in [-0.39, 0.29) is 18.2 Å². The number of rotatable bonds is 7. The Morgan fingerprint density at radius 3 is 2.71 bits per heavy atom. The lowest BCUT2D eigenvalue weighted by Crippen LogP contribution is -2.24. The second-order valence-electron chi connectivity index (χ2n) is 7.16. The Balaban J connectivity index is 1.62. The van der Waals surface area contributed by atoms with Crippen LogP contribution in [-0.4, -0.2) is 35.8 Å². The Hall–Kier alpha value is -3.81. The van der Waals surface area contributed by atoms with Crippen molar-refractivity contribution < 1.29 is 19.1 Å². The molecule has 0 saturated carbocycles. The summed E-state index contributed by atoms with van der Waals surface area (Å²) < 4.78 is 12.2. The molecule has 1 aliphatic heterocycles. The summed E-state index contributed by atoms with van der Waals surface area (Å²) in [5.74, 6) is 1.32. The van der Waals surface area contributed by atoms with Crippen LogP contribution in [0, 0.1) is 0 Å². The Morgan fingerprint density at radius 1 is 1.16 bits per heavy atom. The number of carbonyl (C=O) groups excluding carboxylic acids is 2. The van der Waals surface area contributed by atoms with Gasteiger partial charge in [0.25, 0.3) is 5.91 Å². The standard InChI is InChI=1S/C23H24N4O4/c1-4-16-21(14-8-7-9-15(12-14)30-2)22-25-23(29)18(27(22)26-16)13-20(28)24-17-10-5-6-11-19(17)31-3/h5-12,18H,4,13H2,1-3H3,(H,24,28)(H,25,29). The van der Waals surface area contributed by atoms with E-state index in [0.29, 0.717) is 23.7 Å². The van der Waals surface area contributed by atoms with Gasteiger partial charge < -0.3 is 20.1 Å². The Labute approximate surface area is 180 Å². The first kappa shape index (κ1) is 20.5. The molecule has 160 valence electrons. The SMILES string of the molecule is CCc1nn2c(c1-c1cccc(OC)c1)NC(=O)C2CC(=O)Nc1ccccc1OC. The minimum Gasteiger partial charge on any atom is -0.497 e. The van der Waals surface area contributed by atoms with Gasteiger partial charge in [-0.15, -0.1) is 0 Å². The highest BCUT2D eigenvalue weighted by molar-refractivity contribution is 6.04. The number of fused-ring (bicyclic) bond motifs is 1. The molecule has 1 aliphatic rings. The normalized spacial score (nSPS) is 14.7. The molecule has 2 aromatic carbocycles. The number of nitrogens with one attached hydrogen (secondary N) is 2. The topological polar surface area (TPSA) is 94.5 Å². The molecule has 1 aromatic heterocycles. The van der Waals surface area contributed by atoms with Crippen LogP contribution in [0.5, 0.6) is 11.5 Å². The molecule has 0 aliphatic carbocycles. The quantitative estimate of drug-likeness (QED) is 0.608. The molecule has 31 heavy (non-hydrogen) atoms. The van der Waals surface area contributed by atoms with Crippen molar-refractivity contribution in [1.29, 1.82) is 0 Å². The zero-order chi connectivity index (χ0) is 22.0. The summed E-state index contributed by atoms with van der Waals surface area (Å²) >= 11 is 0. The molecule has 0 spiro atoms. The van der Waals surface area contributed by atoms with Crippen molar-refractivity contribution in [2.75, 3.05) is 24.9 Å². The monoisotopic (exact) mass is 420 g/mol. The maximum atomic E-state index is 12.7. The number of ether oxygens (including phenoxy) is 2. The molecule has 1 atom stereocenters. The Morgan fingerprint density at radius 2 is 1.97 bits per heavy atom. The molecule has 0 saturated heterocycles. The molecule has 3 aromatic rings. The van der Waals surface area contributed by atoms with E-state index in [0.717, 1.165) is 22.6 Å². The second-order valence-corrected chi connectivity index (χ2v) is 7.16. The van der Waals surface area contributed by atoms with E-state index in [4.69, 9.17) is 9.47 Å². The molecule has 2 heterocycles. The van der Waals surface area contributed by atoms with Crippen LogP contribution in [0.4, 0.5) is 11.5 Å². The molecule has 2 amide bonds. The van der Waals surface area contributed by atoms with Gasteiger partial charge in [0.1, 0.15) is 23.4 Å². The fraction of sp³-hybridized carbons (Fsp3) is 0.261. The number of anilines is 2. The fourth-order valence-electron chi connectivity index (χ4n) is 3.77. The van der Waals surface area contributed by atoms with E-state index in [1.165, 1.54) is 7.11 Å². The largest absolute Gasteiger partial charge is 0.497 e. The van der Waals surface area contributed by atoms with Crippen LogP contribution in [0.25, 0.3) is 11.1 Å². The minimum atomic E-state index is -0.727. The van der Waals surface area contributed by atoms with Gasteiger partial charge >= 0.3 is 0 Å². The number of hydrogen-bond donors (Lipinski definition) is 2. The summed E-state index contributed by atoms with van der Waals surface area (Å²) in [6, 6.07) is 14.0. The Kier molecular flexibility index (Phi) is 5.62. The summed E-state index contributed by atoms with van der Waals surface area (Å²) in [5.41, 5.74) is 3.15. The second kappa shape index (κ2) is 8.51. The van der Waals surface area contributed by atoms with E-state index in [1.54, 1.807) is 30.0 Å². The van der Waals surface area contributed by atoms with Crippen LogP contribution in [0.1, 0.15) is 25.1 Å². The summed E-state index contributed by atoms with van der Waals surface area (Å²) in [7, 11) is 3.15. The smallest absolute Gasteiger partial charge is 0.251 e. The van der Waals surface area contributed by atoms with Crippen molar-refractivity contribution in [3.8, 4) is 22.6 Å². The first-order chi connectivity index (χ1) is 15.0. The van der Waals surface area contributed by atoms with Gasteiger partial charge in [-0.1, -0.05) is 31.2 Å². The lowest BCUT2D eigenvalue weighted by molar-refractivity contribution is -0.123. The number of aryl methyl sites for hydroxylation is 1. The van der Waals surface area contributed by atoms with Crippen LogP contribution >= 0.6 is 0 Å². The van der Waals surface area contributed by atoms with Crippen LogP contribution in [0.15, 0.2) is 48.5 Å². The third kappa shape index (κ3) is 3.84. The number of hydrogen-bond acceptors (Lipinski definition) is 5. The van der Waals surface area contributed by atoms with E-state index >= 15 is 0 Å². The van der Waals surface area contributed by atoms with Crippen molar-refractivity contribution in [1.82, 2.24) is 9.78 Å². The van der Waals surface area contributed by atoms with Crippen LogP contribution in [0.2, 0.25) is 0 Å². The first-order valence-corrected chi connectivity index (χ1v) is 10.0. The number of methoxy groups -OCH3 is 2. The molecule has 2 N–H and O–H groups in total. The molecule has 1 unspecified atom stereocenters. The number of aromatic nitrogens is 2. The molecular weight excluding hydrogens is 396 g/mol. The molecule has 8 heteroatoms. The lowest BCUT2D eigenvalue weighted by Gasteiger charge is -2.12. The van der Waals surface area contributed by atoms with Gasteiger partial charge in [0.15, 0.2) is 0 Å². The number of para-hydroxylation sites is 2. The fourth-order valence-corrected chi connectivity index (χ4v) is 3.77. The Bertz CT molecular complexity index is 1140. The van der Waals surface area contributed by atoms with Gasteiger partial charge in [-0.25, -0.2) is 4.68 Å². The summed E-state index contributed by atoms with van der Waals surface area (Å²) in [6.45, 7) is 2.01. The van der Waals surface area contributed by atoms with Crippen molar-refractivity contribution in [2.45, 2.75) is 25.8 Å². The molecule has 8 nitrogen and oxygen atoms in total. The molecule has 0 bridgehead atoms. The number of nitrogens with zero attached hydrogens (tertiary/aromatic N) is 2. The zero-order valence-electron chi connectivity index (χ0n) is 17.6. The zero-order valence-corrected chi connectivity index (χ0v) is 17.6. The van der Waals surface area contributed by atoms with Crippen molar-refractivity contribution in [3.63, 3.8) is 0 Å².